The molecular formula is C17H22O3S. The lowest BCUT2D eigenvalue weighted by Gasteiger charge is -2.11. The van der Waals surface area contributed by atoms with Crippen LogP contribution in [0.25, 0.3) is 10.8 Å². The van der Waals surface area contributed by atoms with Crippen LogP contribution >= 0.6 is 0 Å². The first-order valence-corrected chi connectivity index (χ1v) is 9.18. The van der Waals surface area contributed by atoms with E-state index in [0.29, 0.717) is 19.3 Å². The van der Waals surface area contributed by atoms with Gasteiger partial charge in [0.2, 0.25) is 0 Å². The average Bonchev–Trinajstić information content (AvgIpc) is 2.47. The molecule has 1 unspecified atom stereocenters. The van der Waals surface area contributed by atoms with Crippen LogP contribution in [-0.4, -0.2) is 31.1 Å². The summed E-state index contributed by atoms with van der Waals surface area (Å²) in [7, 11) is -2.93. The molecule has 2 aromatic carbocycles. The van der Waals surface area contributed by atoms with Crippen LogP contribution in [0.15, 0.2) is 42.5 Å². The Kier molecular flexibility index (Phi) is 5.37. The Hall–Kier alpha value is -1.39. The Labute approximate surface area is 126 Å². The van der Waals surface area contributed by atoms with Crippen LogP contribution in [0.4, 0.5) is 0 Å². The first-order chi connectivity index (χ1) is 10.00. The van der Waals surface area contributed by atoms with Gasteiger partial charge in [0.25, 0.3) is 0 Å². The monoisotopic (exact) mass is 306 g/mol. The lowest BCUT2D eigenvalue weighted by molar-refractivity contribution is 0.164. The van der Waals surface area contributed by atoms with Gasteiger partial charge in [-0.2, -0.15) is 0 Å². The van der Waals surface area contributed by atoms with Crippen LogP contribution in [0.1, 0.15) is 25.3 Å². The molecule has 1 atom stereocenters. The summed E-state index contributed by atoms with van der Waals surface area (Å²) in [5.74, 6) is 0.339. The highest BCUT2D eigenvalue weighted by Crippen LogP contribution is 2.17. The number of rotatable bonds is 7. The van der Waals surface area contributed by atoms with E-state index in [1.165, 1.54) is 5.39 Å². The maximum Gasteiger partial charge on any atom is 0.150 e. The maximum absolute atomic E-state index is 11.4. The molecule has 2 aromatic rings. The first-order valence-electron chi connectivity index (χ1n) is 7.36. The van der Waals surface area contributed by atoms with Crippen molar-refractivity contribution in [1.29, 1.82) is 0 Å². The van der Waals surface area contributed by atoms with E-state index in [2.05, 4.69) is 24.3 Å². The van der Waals surface area contributed by atoms with Crippen molar-refractivity contribution in [1.82, 2.24) is 0 Å². The van der Waals surface area contributed by atoms with E-state index in [1.807, 2.05) is 18.2 Å². The van der Waals surface area contributed by atoms with Crippen molar-refractivity contribution in [3.63, 3.8) is 0 Å². The number of hydrogen-bond donors (Lipinski definition) is 1. The van der Waals surface area contributed by atoms with E-state index in [1.54, 1.807) is 6.92 Å². The van der Waals surface area contributed by atoms with Gasteiger partial charge < -0.3 is 5.11 Å². The largest absolute Gasteiger partial charge is 0.393 e. The number of hydrogen-bond acceptors (Lipinski definition) is 3. The molecule has 0 bridgehead atoms. The van der Waals surface area contributed by atoms with Crippen LogP contribution in [0.3, 0.4) is 0 Å². The van der Waals surface area contributed by atoms with Crippen molar-refractivity contribution < 1.29 is 13.5 Å². The van der Waals surface area contributed by atoms with Gasteiger partial charge in [0.1, 0.15) is 9.84 Å². The van der Waals surface area contributed by atoms with E-state index in [0.717, 1.165) is 10.9 Å². The third kappa shape index (κ3) is 4.83. The van der Waals surface area contributed by atoms with Crippen LogP contribution in [0, 0.1) is 0 Å². The molecule has 1 N–H and O–H groups in total. The lowest BCUT2D eigenvalue weighted by Crippen LogP contribution is -2.14. The van der Waals surface area contributed by atoms with Crippen molar-refractivity contribution in [3.8, 4) is 0 Å². The minimum Gasteiger partial charge on any atom is -0.393 e. The molecule has 0 aliphatic carbocycles. The maximum atomic E-state index is 11.4. The number of sulfone groups is 1. The molecule has 0 spiro atoms. The molecule has 0 aliphatic rings. The van der Waals surface area contributed by atoms with Gasteiger partial charge in [-0.15, -0.1) is 0 Å². The van der Waals surface area contributed by atoms with E-state index in [9.17, 15) is 13.5 Å². The third-order valence-electron chi connectivity index (χ3n) is 3.72. The van der Waals surface area contributed by atoms with Gasteiger partial charge in [0, 0.05) is 5.75 Å². The quantitative estimate of drug-likeness (QED) is 0.855. The zero-order valence-corrected chi connectivity index (χ0v) is 13.1. The zero-order valence-electron chi connectivity index (χ0n) is 12.3. The van der Waals surface area contributed by atoms with Crippen LogP contribution in [-0.2, 0) is 16.3 Å². The fraction of sp³-hybridized carbons (Fsp3) is 0.412. The fourth-order valence-electron chi connectivity index (χ4n) is 2.42. The molecule has 0 saturated heterocycles. The SMILES string of the molecule is CCS(=O)(=O)CCCC(O)Cc1ccc2ccccc2c1. The molecule has 0 amide bonds. The van der Waals surface area contributed by atoms with Crippen molar-refractivity contribution in [3.05, 3.63) is 48.0 Å². The summed E-state index contributed by atoms with van der Waals surface area (Å²) in [5.41, 5.74) is 1.08. The molecule has 0 aromatic heterocycles. The summed E-state index contributed by atoms with van der Waals surface area (Å²) in [5, 5.41) is 12.4. The molecular weight excluding hydrogens is 284 g/mol. The second-order valence-electron chi connectivity index (χ2n) is 5.42. The Balaban J connectivity index is 1.90. The van der Waals surface area contributed by atoms with Gasteiger partial charge in [-0.3, -0.25) is 0 Å². The molecule has 4 heteroatoms. The average molecular weight is 306 g/mol. The molecule has 0 fully saturated rings. The van der Waals surface area contributed by atoms with Crippen molar-refractivity contribution in [2.75, 3.05) is 11.5 Å². The van der Waals surface area contributed by atoms with E-state index < -0.39 is 15.9 Å². The van der Waals surface area contributed by atoms with Gasteiger partial charge in [0.15, 0.2) is 0 Å². The van der Waals surface area contributed by atoms with E-state index in [4.69, 9.17) is 0 Å². The molecule has 2 rings (SSSR count). The molecule has 0 aliphatic heterocycles. The normalized spacial score (nSPS) is 13.4. The number of benzene rings is 2. The smallest absolute Gasteiger partial charge is 0.150 e. The van der Waals surface area contributed by atoms with Gasteiger partial charge in [-0.1, -0.05) is 49.4 Å². The molecule has 0 radical (unpaired) electrons. The summed E-state index contributed by atoms with van der Waals surface area (Å²) in [6.45, 7) is 1.65. The minimum atomic E-state index is -2.93. The number of aliphatic hydroxyl groups excluding tert-OH is 1. The molecule has 3 nitrogen and oxygen atoms in total. The van der Waals surface area contributed by atoms with Gasteiger partial charge in [-0.25, -0.2) is 8.42 Å². The second-order valence-corrected chi connectivity index (χ2v) is 7.89. The van der Waals surface area contributed by atoms with Gasteiger partial charge in [-0.05, 0) is 35.6 Å². The molecule has 0 saturated carbocycles. The van der Waals surface area contributed by atoms with Crippen molar-refractivity contribution in [2.45, 2.75) is 32.3 Å². The zero-order chi connectivity index (χ0) is 15.3. The molecule has 114 valence electrons. The molecule has 0 heterocycles. The topological polar surface area (TPSA) is 54.4 Å². The first kappa shape index (κ1) is 16.0. The highest BCUT2D eigenvalue weighted by molar-refractivity contribution is 7.91. The van der Waals surface area contributed by atoms with Gasteiger partial charge in [0.05, 0.1) is 11.9 Å². The predicted octanol–water partition coefficient (Wildman–Crippen LogP) is 2.96. The Morgan fingerprint density at radius 1 is 1.10 bits per heavy atom. The summed E-state index contributed by atoms with van der Waals surface area (Å²) in [4.78, 5) is 0. The van der Waals surface area contributed by atoms with Crippen LogP contribution in [0.2, 0.25) is 0 Å². The molecule has 21 heavy (non-hydrogen) atoms. The standard InChI is InChI=1S/C17H22O3S/c1-2-21(19,20)11-5-8-17(18)13-14-9-10-15-6-3-4-7-16(15)12-14/h3-4,6-7,9-10,12,17-18H,2,5,8,11,13H2,1H3. The Morgan fingerprint density at radius 2 is 1.81 bits per heavy atom. The lowest BCUT2D eigenvalue weighted by atomic mass is 10.0. The Bertz CT molecular complexity index is 692. The fourth-order valence-corrected chi connectivity index (χ4v) is 3.32. The summed E-state index contributed by atoms with van der Waals surface area (Å²) in [6.07, 6.45) is 1.12. The number of aliphatic hydroxyl groups is 1. The van der Waals surface area contributed by atoms with Crippen molar-refractivity contribution >= 4 is 20.6 Å². The minimum absolute atomic E-state index is 0.165. The van der Waals surface area contributed by atoms with E-state index >= 15 is 0 Å². The van der Waals surface area contributed by atoms with Crippen molar-refractivity contribution in [2.24, 2.45) is 0 Å². The summed E-state index contributed by atoms with van der Waals surface area (Å²) >= 11 is 0. The summed E-state index contributed by atoms with van der Waals surface area (Å²) < 4.78 is 22.8. The number of fused-ring (bicyclic) bond motifs is 1. The highest BCUT2D eigenvalue weighted by Gasteiger charge is 2.10. The predicted molar refractivity (Wildman–Crippen MR) is 87.2 cm³/mol. The Morgan fingerprint density at radius 3 is 2.52 bits per heavy atom. The highest BCUT2D eigenvalue weighted by atomic mass is 32.2. The third-order valence-corrected chi connectivity index (χ3v) is 5.51. The van der Waals surface area contributed by atoms with Gasteiger partial charge >= 0.3 is 0 Å². The van der Waals surface area contributed by atoms with Crippen LogP contribution < -0.4 is 0 Å². The van der Waals surface area contributed by atoms with Crippen LogP contribution in [0.5, 0.6) is 0 Å². The second kappa shape index (κ2) is 7.05. The summed E-state index contributed by atoms with van der Waals surface area (Å²) in [6, 6.07) is 14.3. The van der Waals surface area contributed by atoms with E-state index in [-0.39, 0.29) is 11.5 Å².